The first kappa shape index (κ1) is 13.3. The average Bonchev–Trinajstić information content (AvgIpc) is 2.18. The van der Waals surface area contributed by atoms with Crippen molar-refractivity contribution >= 4 is 24.0 Å². The Balaban J connectivity index is 4.71. The molecule has 6 heteroatoms. The molecule has 6 nitrogen and oxygen atoms in total. The van der Waals surface area contributed by atoms with Crippen molar-refractivity contribution < 1.29 is 28.7 Å². The second-order valence-electron chi connectivity index (χ2n) is 2.40. The highest BCUT2D eigenvalue weighted by Crippen LogP contribution is 2.04. The third kappa shape index (κ3) is 3.88. The van der Waals surface area contributed by atoms with Crippen molar-refractivity contribution in [2.45, 2.75) is 13.8 Å². The molecule has 0 amide bonds. The lowest BCUT2D eigenvalue weighted by Gasteiger charge is -2.09. The third-order valence-electron chi connectivity index (χ3n) is 1.41. The topological polar surface area (TPSA) is 86.7 Å². The number of ether oxygens (including phenoxy) is 2. The van der Waals surface area contributed by atoms with E-state index >= 15 is 0 Å². The summed E-state index contributed by atoms with van der Waals surface area (Å²) in [6, 6.07) is 0. The molecule has 0 atom stereocenters. The molecule has 0 aromatic carbocycles. The Labute approximate surface area is 86.5 Å². The van der Waals surface area contributed by atoms with E-state index in [-0.39, 0.29) is 13.2 Å². The predicted octanol–water partition coefficient (Wildman–Crippen LogP) is -0.592. The molecule has 0 saturated heterocycles. The molecule has 83 valence electrons. The SMILES string of the molecule is CCOC(=O)C(C(=O)[C]=O)C(=O)OCC. The molecule has 0 heterocycles. The van der Waals surface area contributed by atoms with Crippen molar-refractivity contribution in [3.05, 3.63) is 0 Å². The Morgan fingerprint density at radius 2 is 1.47 bits per heavy atom. The van der Waals surface area contributed by atoms with Crippen molar-refractivity contribution in [1.29, 1.82) is 0 Å². The summed E-state index contributed by atoms with van der Waals surface area (Å²) in [6.07, 6.45) is 0.953. The van der Waals surface area contributed by atoms with Gasteiger partial charge in [0.15, 0.2) is 0 Å². The average molecular weight is 215 g/mol. The Kier molecular flexibility index (Phi) is 5.92. The largest absolute Gasteiger partial charge is 0.465 e. The first-order chi connectivity index (χ1) is 7.08. The number of rotatable bonds is 6. The highest BCUT2D eigenvalue weighted by Gasteiger charge is 2.36. The lowest BCUT2D eigenvalue weighted by molar-refractivity contribution is -0.162. The highest BCUT2D eigenvalue weighted by molar-refractivity contribution is 6.36. The standard InChI is InChI=1S/C9H11O6/c1-3-14-8(12)7(6(11)5-10)9(13)15-4-2/h7H,3-4H2,1-2H3. The van der Waals surface area contributed by atoms with Crippen molar-refractivity contribution in [3.8, 4) is 0 Å². The van der Waals surface area contributed by atoms with Crippen LogP contribution in [0.15, 0.2) is 0 Å². The molecule has 0 aromatic heterocycles. The Bertz CT molecular complexity index is 252. The smallest absolute Gasteiger partial charge is 0.328 e. The van der Waals surface area contributed by atoms with Gasteiger partial charge < -0.3 is 9.47 Å². The van der Waals surface area contributed by atoms with E-state index in [0.717, 1.165) is 6.29 Å². The molecule has 0 aliphatic heterocycles. The first-order valence-electron chi connectivity index (χ1n) is 4.33. The third-order valence-corrected chi connectivity index (χ3v) is 1.41. The Hall–Kier alpha value is -1.72. The van der Waals surface area contributed by atoms with Crippen LogP contribution in [0.2, 0.25) is 0 Å². The molecule has 0 N–H and O–H groups in total. The minimum atomic E-state index is -1.85. The number of Topliss-reactive ketones (excluding diaryl/α,β-unsaturated/α-hetero) is 1. The van der Waals surface area contributed by atoms with Gasteiger partial charge in [-0.2, -0.15) is 0 Å². The van der Waals surface area contributed by atoms with Gasteiger partial charge in [0.25, 0.3) is 6.29 Å². The van der Waals surface area contributed by atoms with Crippen LogP contribution in [0.3, 0.4) is 0 Å². The fourth-order valence-electron chi connectivity index (χ4n) is 0.820. The van der Waals surface area contributed by atoms with Crippen LogP contribution in [-0.4, -0.2) is 37.2 Å². The van der Waals surface area contributed by atoms with E-state index in [1.165, 1.54) is 13.8 Å². The lowest BCUT2D eigenvalue weighted by Crippen LogP contribution is -2.35. The van der Waals surface area contributed by atoms with E-state index in [9.17, 15) is 19.2 Å². The zero-order valence-corrected chi connectivity index (χ0v) is 8.44. The second kappa shape index (κ2) is 6.69. The van der Waals surface area contributed by atoms with Crippen LogP contribution in [0.4, 0.5) is 0 Å². The molecule has 0 spiro atoms. The molecule has 0 aromatic rings. The molecular formula is C9H11O6. The summed E-state index contributed by atoms with van der Waals surface area (Å²) >= 11 is 0. The van der Waals surface area contributed by atoms with Crippen molar-refractivity contribution in [1.82, 2.24) is 0 Å². The van der Waals surface area contributed by atoms with Gasteiger partial charge in [0.2, 0.25) is 11.7 Å². The summed E-state index contributed by atoms with van der Waals surface area (Å²) in [7, 11) is 0. The molecule has 0 bridgehead atoms. The summed E-state index contributed by atoms with van der Waals surface area (Å²) in [5, 5.41) is 0. The zero-order chi connectivity index (χ0) is 11.8. The first-order valence-corrected chi connectivity index (χ1v) is 4.33. The van der Waals surface area contributed by atoms with Gasteiger partial charge in [-0.1, -0.05) is 0 Å². The summed E-state index contributed by atoms with van der Waals surface area (Å²) < 4.78 is 8.91. The van der Waals surface area contributed by atoms with Crippen molar-refractivity contribution in [3.63, 3.8) is 0 Å². The fourth-order valence-corrected chi connectivity index (χ4v) is 0.820. The number of carbonyl (C=O) groups excluding carboxylic acids is 4. The van der Waals surface area contributed by atoms with Crippen molar-refractivity contribution in [2.24, 2.45) is 5.92 Å². The lowest BCUT2D eigenvalue weighted by atomic mass is 10.1. The quantitative estimate of drug-likeness (QED) is 0.334. The molecule has 0 saturated carbocycles. The van der Waals surface area contributed by atoms with Crippen LogP contribution in [-0.2, 0) is 28.7 Å². The maximum absolute atomic E-state index is 11.1. The van der Waals surface area contributed by atoms with Crippen LogP contribution in [0.25, 0.3) is 0 Å². The van der Waals surface area contributed by atoms with Gasteiger partial charge in [-0.25, -0.2) is 0 Å². The maximum Gasteiger partial charge on any atom is 0.328 e. The van der Waals surface area contributed by atoms with Gasteiger partial charge in [-0.15, -0.1) is 0 Å². The second-order valence-corrected chi connectivity index (χ2v) is 2.40. The summed E-state index contributed by atoms with van der Waals surface area (Å²) in [5.74, 6) is -5.32. The van der Waals surface area contributed by atoms with E-state index in [1.54, 1.807) is 0 Å². The van der Waals surface area contributed by atoms with Crippen LogP contribution < -0.4 is 0 Å². The monoisotopic (exact) mass is 215 g/mol. The molecule has 0 fully saturated rings. The molecule has 0 rings (SSSR count). The van der Waals surface area contributed by atoms with Crippen molar-refractivity contribution in [2.75, 3.05) is 13.2 Å². The van der Waals surface area contributed by atoms with Gasteiger partial charge in [-0.05, 0) is 13.8 Å². The highest BCUT2D eigenvalue weighted by atomic mass is 16.6. The van der Waals surface area contributed by atoms with Gasteiger partial charge >= 0.3 is 11.9 Å². The van der Waals surface area contributed by atoms with Crippen LogP contribution in [0.5, 0.6) is 0 Å². The minimum absolute atomic E-state index is 0.000869. The zero-order valence-electron chi connectivity index (χ0n) is 8.44. The van der Waals surface area contributed by atoms with Crippen LogP contribution in [0, 0.1) is 5.92 Å². The molecule has 15 heavy (non-hydrogen) atoms. The minimum Gasteiger partial charge on any atom is -0.465 e. The summed E-state index contributed by atoms with van der Waals surface area (Å²) in [4.78, 5) is 43.3. The van der Waals surface area contributed by atoms with Crippen LogP contribution >= 0.6 is 0 Å². The molecule has 0 aliphatic carbocycles. The number of hydrogen-bond acceptors (Lipinski definition) is 6. The predicted molar refractivity (Wildman–Crippen MR) is 47.5 cm³/mol. The molecule has 1 radical (unpaired) electrons. The maximum atomic E-state index is 11.1. The van der Waals surface area contributed by atoms with E-state index in [4.69, 9.17) is 0 Å². The van der Waals surface area contributed by atoms with Gasteiger partial charge in [0.1, 0.15) is 0 Å². The number of hydrogen-bond donors (Lipinski definition) is 0. The van der Waals surface area contributed by atoms with Gasteiger partial charge in [0.05, 0.1) is 13.2 Å². The van der Waals surface area contributed by atoms with E-state index in [0.29, 0.717) is 0 Å². The van der Waals surface area contributed by atoms with E-state index in [1.807, 2.05) is 0 Å². The number of esters is 2. The van der Waals surface area contributed by atoms with Gasteiger partial charge in [-0.3, -0.25) is 19.2 Å². The Morgan fingerprint density at radius 1 is 1.07 bits per heavy atom. The molecule has 0 unspecified atom stereocenters. The molecule has 0 aliphatic rings. The fraction of sp³-hybridized carbons (Fsp3) is 0.556. The summed E-state index contributed by atoms with van der Waals surface area (Å²) in [6.45, 7) is 3.02. The Morgan fingerprint density at radius 3 is 1.73 bits per heavy atom. The summed E-state index contributed by atoms with van der Waals surface area (Å²) in [5.41, 5.74) is 0. The molecular weight excluding hydrogens is 204 g/mol. The van der Waals surface area contributed by atoms with Gasteiger partial charge in [0, 0.05) is 0 Å². The van der Waals surface area contributed by atoms with E-state index in [2.05, 4.69) is 9.47 Å². The number of carbonyl (C=O) groups is 3. The normalized spacial score (nSPS) is 9.53. The van der Waals surface area contributed by atoms with E-state index < -0.39 is 23.6 Å². The van der Waals surface area contributed by atoms with Crippen LogP contribution in [0.1, 0.15) is 13.8 Å². The number of ketones is 1.